The molecular formula is C32H41ClFN7O5. The number of halogens is 2. The third-order valence-corrected chi connectivity index (χ3v) is 8.35. The molecule has 1 aromatic carbocycles. The number of carbonyl (C=O) groups is 2. The predicted octanol–water partition coefficient (Wildman–Crippen LogP) is 3.82. The molecule has 3 heterocycles. The number of hydrazine groups is 1. The molecule has 1 saturated carbocycles. The fourth-order valence-corrected chi connectivity index (χ4v) is 5.81. The maximum atomic E-state index is 14.6. The number of ether oxygens (including phenoxy) is 2. The van der Waals surface area contributed by atoms with Gasteiger partial charge in [0.2, 0.25) is 5.91 Å². The summed E-state index contributed by atoms with van der Waals surface area (Å²) in [5.41, 5.74) is 7.28. The number of nitrogens with zero attached hydrogens (tertiary/aromatic N) is 3. The van der Waals surface area contributed by atoms with Crippen molar-refractivity contribution in [3.8, 4) is 0 Å². The summed E-state index contributed by atoms with van der Waals surface area (Å²) in [6, 6.07) is 6.20. The van der Waals surface area contributed by atoms with Crippen LogP contribution in [0.4, 0.5) is 16.0 Å². The van der Waals surface area contributed by atoms with Crippen molar-refractivity contribution in [3.63, 3.8) is 0 Å². The molecule has 248 valence electrons. The van der Waals surface area contributed by atoms with Crippen LogP contribution >= 0.6 is 11.6 Å². The van der Waals surface area contributed by atoms with Crippen LogP contribution in [0.25, 0.3) is 5.70 Å². The molecule has 0 bridgehead atoms. The number of hydrogen-bond acceptors (Lipinski definition) is 11. The number of piperidine rings is 1. The smallest absolute Gasteiger partial charge is 0.309 e. The van der Waals surface area contributed by atoms with Crippen molar-refractivity contribution in [1.82, 2.24) is 25.7 Å². The molecule has 1 aromatic heterocycles. The number of carbonyl (C=O) groups excluding carboxylic acids is 2. The molecule has 2 aromatic rings. The average Bonchev–Trinajstić information content (AvgIpc) is 2.98. The number of allylic oxidation sites excluding steroid dienone is 1. The average molecular weight is 658 g/mol. The van der Waals surface area contributed by atoms with Crippen LogP contribution in [0.5, 0.6) is 0 Å². The van der Waals surface area contributed by atoms with Crippen LogP contribution in [0.15, 0.2) is 48.1 Å². The van der Waals surface area contributed by atoms with Gasteiger partial charge in [-0.25, -0.2) is 14.4 Å². The van der Waals surface area contributed by atoms with E-state index >= 15 is 0 Å². The van der Waals surface area contributed by atoms with Gasteiger partial charge in [0.05, 0.1) is 42.8 Å². The molecule has 14 heteroatoms. The Morgan fingerprint density at radius 2 is 1.85 bits per heavy atom. The normalized spacial score (nSPS) is 20.6. The Labute approximate surface area is 272 Å². The van der Waals surface area contributed by atoms with E-state index in [0.717, 1.165) is 38.8 Å². The van der Waals surface area contributed by atoms with Crippen molar-refractivity contribution in [2.45, 2.75) is 58.1 Å². The fourth-order valence-electron chi connectivity index (χ4n) is 5.64. The van der Waals surface area contributed by atoms with Gasteiger partial charge in [-0.05, 0) is 83.8 Å². The van der Waals surface area contributed by atoms with E-state index in [1.807, 2.05) is 20.8 Å². The summed E-state index contributed by atoms with van der Waals surface area (Å²) in [5, 5.41) is 15.6. The van der Waals surface area contributed by atoms with E-state index in [0.29, 0.717) is 39.8 Å². The Kier molecular flexibility index (Phi) is 10.8. The molecule has 1 aliphatic carbocycles. The van der Waals surface area contributed by atoms with E-state index in [1.165, 1.54) is 24.5 Å². The van der Waals surface area contributed by atoms with E-state index in [-0.39, 0.29) is 49.1 Å². The van der Waals surface area contributed by atoms with Crippen molar-refractivity contribution < 1.29 is 28.6 Å². The number of amides is 1. The number of anilines is 2. The maximum Gasteiger partial charge on any atom is 0.309 e. The van der Waals surface area contributed by atoms with Crippen LogP contribution < -0.4 is 21.5 Å². The van der Waals surface area contributed by atoms with Gasteiger partial charge < -0.3 is 41.0 Å². The molecule has 3 aliphatic rings. The first-order chi connectivity index (χ1) is 22.0. The molecule has 0 unspecified atom stereocenters. The van der Waals surface area contributed by atoms with Crippen molar-refractivity contribution in [2.24, 2.45) is 11.8 Å². The summed E-state index contributed by atoms with van der Waals surface area (Å²) in [6.07, 6.45) is 6.05. The first-order valence-electron chi connectivity index (χ1n) is 15.5. The number of hydrogen-bond donors (Lipinski definition) is 5. The highest BCUT2D eigenvalue weighted by atomic mass is 35.5. The van der Waals surface area contributed by atoms with E-state index in [2.05, 4.69) is 36.4 Å². The minimum atomic E-state index is -0.484. The first-order valence-corrected chi connectivity index (χ1v) is 15.8. The standard InChI is InChI=1S/C32H41ClFN7O5/c1-32(2,3)46-31(44)19-6-8-41(9-7-19)22-12-20(13-22)30(43)38-29-16-28(35-18-36-29)37-26-15-25(23-14-21(33)4-5-24(23)34)39-40-27(26)17-45-11-10-42/h4-5,14-16,18-20,22,39-40,42H,6-13,17H2,1-3H3,(H2,35,36,37,38,43). The van der Waals surface area contributed by atoms with Gasteiger partial charge in [-0.3, -0.25) is 9.59 Å². The lowest BCUT2D eigenvalue weighted by Crippen LogP contribution is -2.51. The van der Waals surface area contributed by atoms with Gasteiger partial charge in [0.25, 0.3) is 0 Å². The molecule has 46 heavy (non-hydrogen) atoms. The number of aliphatic hydroxyl groups is 1. The van der Waals surface area contributed by atoms with Gasteiger partial charge >= 0.3 is 5.97 Å². The topological polar surface area (TPSA) is 150 Å². The molecule has 1 saturated heterocycles. The maximum absolute atomic E-state index is 14.6. The lowest BCUT2D eigenvalue weighted by Gasteiger charge is -2.44. The molecule has 2 fully saturated rings. The lowest BCUT2D eigenvalue weighted by molar-refractivity contribution is -0.162. The number of benzene rings is 1. The van der Waals surface area contributed by atoms with Crippen LogP contribution in [0, 0.1) is 17.7 Å². The van der Waals surface area contributed by atoms with Gasteiger partial charge in [0, 0.05) is 28.6 Å². The van der Waals surface area contributed by atoms with Gasteiger partial charge in [-0.1, -0.05) is 11.6 Å². The Balaban J connectivity index is 1.17. The highest BCUT2D eigenvalue weighted by Crippen LogP contribution is 2.35. The number of likely N-dealkylation sites (tertiary alicyclic amines) is 1. The fraction of sp³-hybridized carbons (Fsp3) is 0.500. The minimum Gasteiger partial charge on any atom is -0.460 e. The molecule has 0 radical (unpaired) electrons. The van der Waals surface area contributed by atoms with Crippen molar-refractivity contribution in [3.05, 3.63) is 64.5 Å². The van der Waals surface area contributed by atoms with Gasteiger partial charge in [-0.2, -0.15) is 0 Å². The second kappa shape index (κ2) is 14.8. The van der Waals surface area contributed by atoms with Gasteiger partial charge in [0.1, 0.15) is 29.4 Å². The molecule has 2 aliphatic heterocycles. The van der Waals surface area contributed by atoms with Gasteiger partial charge in [0.15, 0.2) is 0 Å². The van der Waals surface area contributed by atoms with Gasteiger partial charge in [-0.15, -0.1) is 0 Å². The molecule has 5 rings (SSSR count). The van der Waals surface area contributed by atoms with Crippen LogP contribution in [-0.4, -0.2) is 76.4 Å². The van der Waals surface area contributed by atoms with Crippen LogP contribution in [0.3, 0.4) is 0 Å². The summed E-state index contributed by atoms with van der Waals surface area (Å²) < 4.78 is 25.7. The molecular weight excluding hydrogens is 617 g/mol. The highest BCUT2D eigenvalue weighted by molar-refractivity contribution is 6.30. The largest absolute Gasteiger partial charge is 0.460 e. The van der Waals surface area contributed by atoms with Crippen molar-refractivity contribution in [2.75, 3.05) is 43.5 Å². The van der Waals surface area contributed by atoms with E-state index in [4.69, 9.17) is 26.2 Å². The minimum absolute atomic E-state index is 0.0733. The quantitative estimate of drug-likeness (QED) is 0.177. The lowest BCUT2D eigenvalue weighted by atomic mass is 9.77. The summed E-state index contributed by atoms with van der Waals surface area (Å²) in [5.74, 6) is -0.161. The van der Waals surface area contributed by atoms with Crippen LogP contribution in [-0.2, 0) is 19.1 Å². The number of nitrogens with one attached hydrogen (secondary N) is 4. The molecule has 0 spiro atoms. The first kappa shape index (κ1) is 33.6. The molecule has 12 nitrogen and oxygen atoms in total. The van der Waals surface area contributed by atoms with Crippen LogP contribution in [0.1, 0.15) is 52.0 Å². The summed E-state index contributed by atoms with van der Waals surface area (Å²) >= 11 is 6.11. The summed E-state index contributed by atoms with van der Waals surface area (Å²) in [4.78, 5) is 36.4. The summed E-state index contributed by atoms with van der Waals surface area (Å²) in [6.45, 7) is 7.40. The van der Waals surface area contributed by atoms with Crippen LogP contribution in [0.2, 0.25) is 5.02 Å². The Morgan fingerprint density at radius 3 is 2.57 bits per heavy atom. The number of rotatable bonds is 11. The monoisotopic (exact) mass is 657 g/mol. The Bertz CT molecular complexity index is 1480. The third-order valence-electron chi connectivity index (χ3n) is 8.11. The highest BCUT2D eigenvalue weighted by Gasteiger charge is 2.40. The van der Waals surface area contributed by atoms with Crippen molar-refractivity contribution >= 4 is 40.8 Å². The second-order valence-corrected chi connectivity index (χ2v) is 13.1. The zero-order valence-corrected chi connectivity index (χ0v) is 27.0. The molecule has 1 amide bonds. The zero-order chi connectivity index (χ0) is 32.8. The summed E-state index contributed by atoms with van der Waals surface area (Å²) in [7, 11) is 0. The molecule has 0 atom stereocenters. The predicted molar refractivity (Wildman–Crippen MR) is 172 cm³/mol. The van der Waals surface area contributed by atoms with E-state index < -0.39 is 11.4 Å². The SMILES string of the molecule is CC(C)(C)OC(=O)C1CCN(C2CC(C(=O)Nc3cc(NC4=C(COCCO)NNC(c5cc(Cl)ccc5F)=C4)ncn3)C2)CC1. The second-order valence-electron chi connectivity index (χ2n) is 12.7. The van der Waals surface area contributed by atoms with E-state index in [1.54, 1.807) is 12.1 Å². The Morgan fingerprint density at radius 1 is 1.11 bits per heavy atom. The number of esters is 1. The number of aromatic nitrogens is 2. The molecule has 5 N–H and O–H groups in total. The van der Waals surface area contributed by atoms with E-state index in [9.17, 15) is 14.0 Å². The zero-order valence-electron chi connectivity index (χ0n) is 26.2. The number of aliphatic hydroxyl groups excluding tert-OH is 1. The third kappa shape index (κ3) is 8.72. The van der Waals surface area contributed by atoms with Crippen molar-refractivity contribution in [1.29, 1.82) is 0 Å². The Hall–Kier alpha value is -3.78.